The fourth-order valence-electron chi connectivity index (χ4n) is 2.35. The standard InChI is InChI=1S/C15H20O2/c1-11-5-3-7-12(2)9-14-10-13(8-4-6-11)15(16)17-14/h6-7,10,14H,3-5,8-9H2,1-2H3/b11-6-,12-7-/t14-/m0/s1. The maximum atomic E-state index is 11.6. The lowest BCUT2D eigenvalue weighted by Crippen LogP contribution is -2.08. The molecule has 2 aliphatic rings. The summed E-state index contributed by atoms with van der Waals surface area (Å²) in [6, 6.07) is 0. The Morgan fingerprint density at radius 3 is 2.65 bits per heavy atom. The van der Waals surface area contributed by atoms with Crippen molar-refractivity contribution in [3.63, 3.8) is 0 Å². The van der Waals surface area contributed by atoms with Crippen LogP contribution in [0.2, 0.25) is 0 Å². The Bertz CT molecular complexity index is 399. The van der Waals surface area contributed by atoms with Gasteiger partial charge in [0.05, 0.1) is 0 Å². The normalized spacial score (nSPS) is 32.2. The summed E-state index contributed by atoms with van der Waals surface area (Å²) in [5, 5.41) is 0. The molecule has 0 fully saturated rings. The van der Waals surface area contributed by atoms with Crippen molar-refractivity contribution in [3.05, 3.63) is 34.9 Å². The number of fused-ring (bicyclic) bond motifs is 1. The van der Waals surface area contributed by atoms with E-state index in [4.69, 9.17) is 4.74 Å². The molecular formula is C15H20O2. The van der Waals surface area contributed by atoms with Gasteiger partial charge in [0.1, 0.15) is 6.10 Å². The van der Waals surface area contributed by atoms with E-state index in [9.17, 15) is 4.79 Å². The monoisotopic (exact) mass is 232 g/mol. The molecule has 1 heterocycles. The van der Waals surface area contributed by atoms with Crippen LogP contribution in [0.15, 0.2) is 34.9 Å². The van der Waals surface area contributed by atoms with Gasteiger partial charge in [-0.1, -0.05) is 23.3 Å². The van der Waals surface area contributed by atoms with Crippen LogP contribution in [0.25, 0.3) is 0 Å². The van der Waals surface area contributed by atoms with Gasteiger partial charge >= 0.3 is 5.97 Å². The summed E-state index contributed by atoms with van der Waals surface area (Å²) in [5.74, 6) is -0.117. The van der Waals surface area contributed by atoms with E-state index < -0.39 is 0 Å². The largest absolute Gasteiger partial charge is 0.454 e. The predicted octanol–water partition coefficient (Wildman–Crippen LogP) is 3.69. The number of carbonyl (C=O) groups is 1. The predicted molar refractivity (Wildman–Crippen MR) is 68.6 cm³/mol. The van der Waals surface area contributed by atoms with Gasteiger partial charge in [-0.05, 0) is 45.6 Å². The smallest absolute Gasteiger partial charge is 0.334 e. The van der Waals surface area contributed by atoms with E-state index in [1.54, 1.807) is 0 Å². The van der Waals surface area contributed by atoms with E-state index in [1.807, 2.05) is 6.08 Å². The Kier molecular flexibility index (Phi) is 3.82. The zero-order chi connectivity index (χ0) is 12.3. The van der Waals surface area contributed by atoms with Gasteiger partial charge in [-0.3, -0.25) is 0 Å². The minimum Gasteiger partial charge on any atom is -0.454 e. The van der Waals surface area contributed by atoms with Gasteiger partial charge in [-0.25, -0.2) is 4.79 Å². The van der Waals surface area contributed by atoms with Crippen LogP contribution in [0.4, 0.5) is 0 Å². The zero-order valence-corrected chi connectivity index (χ0v) is 10.7. The summed E-state index contributed by atoms with van der Waals surface area (Å²) in [6.07, 6.45) is 11.3. The molecular weight excluding hydrogens is 212 g/mol. The third-order valence-electron chi connectivity index (χ3n) is 3.37. The summed E-state index contributed by atoms with van der Waals surface area (Å²) in [6.45, 7) is 4.28. The molecule has 0 radical (unpaired) electrons. The summed E-state index contributed by atoms with van der Waals surface area (Å²) < 4.78 is 5.34. The Morgan fingerprint density at radius 1 is 1.12 bits per heavy atom. The topological polar surface area (TPSA) is 26.3 Å². The highest BCUT2D eigenvalue weighted by Crippen LogP contribution is 2.24. The Labute approximate surface area is 103 Å². The Balaban J connectivity index is 2.15. The molecule has 0 N–H and O–H groups in total. The van der Waals surface area contributed by atoms with Gasteiger partial charge in [0.25, 0.3) is 0 Å². The molecule has 17 heavy (non-hydrogen) atoms. The van der Waals surface area contributed by atoms with Crippen LogP contribution in [0.3, 0.4) is 0 Å². The highest BCUT2D eigenvalue weighted by atomic mass is 16.5. The number of allylic oxidation sites excluding steroid dienone is 3. The first-order valence-corrected chi connectivity index (χ1v) is 6.38. The Morgan fingerprint density at radius 2 is 1.82 bits per heavy atom. The zero-order valence-electron chi connectivity index (χ0n) is 10.7. The number of ether oxygens (including phenoxy) is 1. The van der Waals surface area contributed by atoms with Crippen molar-refractivity contribution in [2.75, 3.05) is 0 Å². The van der Waals surface area contributed by atoms with Crippen molar-refractivity contribution in [1.29, 1.82) is 0 Å². The lowest BCUT2D eigenvalue weighted by Gasteiger charge is -2.08. The second kappa shape index (κ2) is 5.35. The highest BCUT2D eigenvalue weighted by molar-refractivity contribution is 5.90. The minimum absolute atomic E-state index is 0.0294. The van der Waals surface area contributed by atoms with E-state index in [1.165, 1.54) is 11.1 Å². The maximum Gasteiger partial charge on any atom is 0.334 e. The number of hydrogen-bond acceptors (Lipinski definition) is 2. The molecule has 92 valence electrons. The van der Waals surface area contributed by atoms with Crippen LogP contribution in [-0.2, 0) is 9.53 Å². The van der Waals surface area contributed by atoms with Crippen molar-refractivity contribution >= 4 is 5.97 Å². The molecule has 0 aromatic heterocycles. The fourth-order valence-corrected chi connectivity index (χ4v) is 2.35. The molecule has 2 rings (SSSR count). The SMILES string of the molecule is C/C1=C/CCC2=C[C@H](C/C(C)=C\CC1)OC2=O. The molecule has 1 atom stereocenters. The van der Waals surface area contributed by atoms with Crippen molar-refractivity contribution in [1.82, 2.24) is 0 Å². The van der Waals surface area contributed by atoms with Crippen LogP contribution in [0.1, 0.15) is 46.0 Å². The first-order valence-electron chi connectivity index (χ1n) is 6.38. The van der Waals surface area contributed by atoms with E-state index in [0.717, 1.165) is 37.7 Å². The third kappa shape index (κ3) is 3.32. The summed E-state index contributed by atoms with van der Waals surface area (Å²) >= 11 is 0. The molecule has 0 spiro atoms. The molecule has 0 aromatic carbocycles. The number of esters is 1. The molecule has 0 saturated heterocycles. The molecule has 1 aliphatic heterocycles. The molecule has 0 unspecified atom stereocenters. The molecule has 0 aromatic rings. The number of hydrogen-bond donors (Lipinski definition) is 0. The van der Waals surface area contributed by atoms with Crippen molar-refractivity contribution in [2.24, 2.45) is 0 Å². The van der Waals surface area contributed by atoms with Crippen LogP contribution in [0, 0.1) is 0 Å². The lowest BCUT2D eigenvalue weighted by atomic mass is 10.0. The second-order valence-corrected chi connectivity index (χ2v) is 5.02. The van der Waals surface area contributed by atoms with Crippen LogP contribution < -0.4 is 0 Å². The van der Waals surface area contributed by atoms with Gasteiger partial charge in [0.15, 0.2) is 0 Å². The van der Waals surface area contributed by atoms with Crippen LogP contribution >= 0.6 is 0 Å². The van der Waals surface area contributed by atoms with Gasteiger partial charge < -0.3 is 4.74 Å². The van der Waals surface area contributed by atoms with E-state index in [0.29, 0.717) is 0 Å². The first-order chi connectivity index (χ1) is 8.15. The molecule has 0 saturated carbocycles. The lowest BCUT2D eigenvalue weighted by molar-refractivity contribution is -0.139. The van der Waals surface area contributed by atoms with Crippen molar-refractivity contribution in [2.45, 2.75) is 52.1 Å². The highest BCUT2D eigenvalue weighted by Gasteiger charge is 2.24. The summed E-state index contributed by atoms with van der Waals surface area (Å²) in [5.41, 5.74) is 3.58. The van der Waals surface area contributed by atoms with E-state index in [-0.39, 0.29) is 12.1 Å². The maximum absolute atomic E-state index is 11.6. The first kappa shape index (κ1) is 12.2. The molecule has 1 aliphatic carbocycles. The molecule has 2 bridgehead atoms. The number of carbonyl (C=O) groups excluding carboxylic acids is 1. The molecule has 2 nitrogen and oxygen atoms in total. The van der Waals surface area contributed by atoms with E-state index >= 15 is 0 Å². The third-order valence-corrected chi connectivity index (χ3v) is 3.37. The van der Waals surface area contributed by atoms with Gasteiger partial charge in [-0.15, -0.1) is 0 Å². The number of rotatable bonds is 0. The minimum atomic E-state index is -0.117. The van der Waals surface area contributed by atoms with Gasteiger partial charge in [0.2, 0.25) is 0 Å². The Hall–Kier alpha value is -1.31. The van der Waals surface area contributed by atoms with Gasteiger partial charge in [-0.2, -0.15) is 0 Å². The van der Waals surface area contributed by atoms with Crippen molar-refractivity contribution < 1.29 is 9.53 Å². The fraction of sp³-hybridized carbons (Fsp3) is 0.533. The van der Waals surface area contributed by atoms with Crippen molar-refractivity contribution in [3.8, 4) is 0 Å². The van der Waals surface area contributed by atoms with E-state index in [2.05, 4.69) is 26.0 Å². The van der Waals surface area contributed by atoms with Gasteiger partial charge in [0, 0.05) is 12.0 Å². The second-order valence-electron chi connectivity index (χ2n) is 5.02. The van der Waals surface area contributed by atoms with Crippen LogP contribution in [0.5, 0.6) is 0 Å². The average Bonchev–Trinajstić information content (AvgIpc) is 2.58. The van der Waals surface area contributed by atoms with Crippen LogP contribution in [-0.4, -0.2) is 12.1 Å². The quantitative estimate of drug-likeness (QED) is 0.470. The molecule has 2 heteroatoms. The summed E-state index contributed by atoms with van der Waals surface area (Å²) in [7, 11) is 0. The molecule has 0 amide bonds. The summed E-state index contributed by atoms with van der Waals surface area (Å²) in [4.78, 5) is 11.6. The average molecular weight is 232 g/mol.